The second-order valence-corrected chi connectivity index (χ2v) is 8.23. The average Bonchev–Trinajstić information content (AvgIpc) is 2.60. The van der Waals surface area contributed by atoms with E-state index in [1.165, 1.54) is 0 Å². The number of nitrogens with two attached hydrogens (primary N) is 1. The van der Waals surface area contributed by atoms with Crippen LogP contribution in [0.5, 0.6) is 5.75 Å². The number of hydrogen-bond donors (Lipinski definition) is 1. The molecule has 1 aromatic carbocycles. The van der Waals surface area contributed by atoms with Gasteiger partial charge in [0.1, 0.15) is 11.4 Å². The number of carbonyl (C=O) groups excluding carboxylic acids is 1. The SMILES string of the molecule is COc1c(Br)cccc1CCN=C(N)N1CCN(C(=O)OC(C)(C)C)CC1. The number of ether oxygens (including phenoxy) is 2. The van der Waals surface area contributed by atoms with Gasteiger partial charge in [-0.05, 0) is 54.8 Å². The molecule has 2 rings (SSSR count). The number of aliphatic imine (C=N–C) groups is 1. The summed E-state index contributed by atoms with van der Waals surface area (Å²) in [7, 11) is 1.66. The number of methoxy groups -OCH3 is 1. The molecule has 27 heavy (non-hydrogen) atoms. The summed E-state index contributed by atoms with van der Waals surface area (Å²) in [5, 5.41) is 0. The van der Waals surface area contributed by atoms with Crippen LogP contribution < -0.4 is 10.5 Å². The molecule has 1 aromatic rings. The van der Waals surface area contributed by atoms with Gasteiger partial charge in [-0.3, -0.25) is 4.99 Å². The molecule has 2 N–H and O–H groups in total. The first-order chi connectivity index (χ1) is 12.7. The van der Waals surface area contributed by atoms with E-state index < -0.39 is 5.60 Å². The molecule has 0 aliphatic carbocycles. The first-order valence-electron chi connectivity index (χ1n) is 9.05. The summed E-state index contributed by atoms with van der Waals surface area (Å²) in [4.78, 5) is 20.3. The van der Waals surface area contributed by atoms with Gasteiger partial charge in [0.25, 0.3) is 0 Å². The van der Waals surface area contributed by atoms with Crippen LogP contribution in [0.3, 0.4) is 0 Å². The lowest BCUT2D eigenvalue weighted by atomic mass is 10.1. The summed E-state index contributed by atoms with van der Waals surface area (Å²) in [6.45, 7) is 8.62. The molecule has 1 fully saturated rings. The van der Waals surface area contributed by atoms with Crippen LogP contribution in [0.25, 0.3) is 0 Å². The number of para-hydroxylation sites is 1. The Hall–Kier alpha value is -1.96. The summed E-state index contributed by atoms with van der Waals surface area (Å²) in [6, 6.07) is 5.95. The van der Waals surface area contributed by atoms with Crippen LogP contribution >= 0.6 is 15.9 Å². The summed E-state index contributed by atoms with van der Waals surface area (Å²) in [5.41, 5.74) is 6.73. The quantitative estimate of drug-likeness (QED) is 0.574. The van der Waals surface area contributed by atoms with Gasteiger partial charge in [0, 0.05) is 32.7 Å². The monoisotopic (exact) mass is 440 g/mol. The summed E-state index contributed by atoms with van der Waals surface area (Å²) >= 11 is 3.49. The third-order valence-electron chi connectivity index (χ3n) is 4.16. The number of halogens is 1. The van der Waals surface area contributed by atoms with Crippen molar-refractivity contribution < 1.29 is 14.3 Å². The van der Waals surface area contributed by atoms with Crippen LogP contribution in [-0.4, -0.2) is 67.3 Å². The normalized spacial score (nSPS) is 15.7. The summed E-state index contributed by atoms with van der Waals surface area (Å²) < 4.78 is 11.8. The Labute approximate surface area is 169 Å². The maximum absolute atomic E-state index is 12.1. The molecular formula is C19H29BrN4O3. The van der Waals surface area contributed by atoms with Gasteiger partial charge in [-0.1, -0.05) is 12.1 Å². The fourth-order valence-corrected chi connectivity index (χ4v) is 3.38. The van der Waals surface area contributed by atoms with Gasteiger partial charge in [0.2, 0.25) is 0 Å². The van der Waals surface area contributed by atoms with Gasteiger partial charge in [0.15, 0.2) is 5.96 Å². The number of hydrogen-bond acceptors (Lipinski definition) is 4. The number of carbonyl (C=O) groups is 1. The van der Waals surface area contributed by atoms with E-state index in [0.717, 1.165) is 22.2 Å². The number of amides is 1. The summed E-state index contributed by atoms with van der Waals surface area (Å²) in [6.07, 6.45) is 0.459. The highest BCUT2D eigenvalue weighted by atomic mass is 79.9. The first kappa shape index (κ1) is 21.3. The maximum atomic E-state index is 12.1. The molecule has 0 saturated carbocycles. The van der Waals surface area contributed by atoms with Crippen LogP contribution in [0.4, 0.5) is 4.79 Å². The second-order valence-electron chi connectivity index (χ2n) is 7.38. The van der Waals surface area contributed by atoms with Crippen molar-refractivity contribution in [1.29, 1.82) is 0 Å². The Balaban J connectivity index is 1.84. The highest BCUT2D eigenvalue weighted by Gasteiger charge is 2.26. The van der Waals surface area contributed by atoms with Gasteiger partial charge in [-0.25, -0.2) is 4.79 Å². The maximum Gasteiger partial charge on any atom is 0.410 e. The minimum Gasteiger partial charge on any atom is -0.495 e. The molecule has 150 valence electrons. The molecule has 8 heteroatoms. The summed E-state index contributed by atoms with van der Waals surface area (Å²) in [5.74, 6) is 1.34. The lowest BCUT2D eigenvalue weighted by molar-refractivity contribution is 0.0186. The van der Waals surface area contributed by atoms with Gasteiger partial charge in [-0.2, -0.15) is 0 Å². The second kappa shape index (κ2) is 9.30. The molecule has 1 amide bonds. The molecule has 0 bridgehead atoms. The highest BCUT2D eigenvalue weighted by molar-refractivity contribution is 9.10. The topological polar surface area (TPSA) is 80.4 Å². The zero-order chi connectivity index (χ0) is 20.0. The Kier molecular flexibility index (Phi) is 7.35. The Morgan fingerprint density at radius 2 is 1.85 bits per heavy atom. The fourth-order valence-electron chi connectivity index (χ4n) is 2.81. The third-order valence-corrected chi connectivity index (χ3v) is 4.79. The predicted molar refractivity (Wildman–Crippen MR) is 110 cm³/mol. The van der Waals surface area contributed by atoms with Gasteiger partial charge >= 0.3 is 6.09 Å². The van der Waals surface area contributed by atoms with Crippen molar-refractivity contribution in [3.8, 4) is 5.75 Å². The zero-order valence-electron chi connectivity index (χ0n) is 16.5. The van der Waals surface area contributed by atoms with Crippen LogP contribution in [0.2, 0.25) is 0 Å². The molecule has 1 aliphatic rings. The van der Waals surface area contributed by atoms with Crippen molar-refractivity contribution in [2.24, 2.45) is 10.7 Å². The van der Waals surface area contributed by atoms with E-state index in [0.29, 0.717) is 38.7 Å². The number of piperazine rings is 1. The molecule has 1 heterocycles. The van der Waals surface area contributed by atoms with Gasteiger partial charge in [-0.15, -0.1) is 0 Å². The van der Waals surface area contributed by atoms with E-state index >= 15 is 0 Å². The lowest BCUT2D eigenvalue weighted by Crippen LogP contribution is -2.53. The zero-order valence-corrected chi connectivity index (χ0v) is 18.1. The van der Waals surface area contributed by atoms with Crippen molar-refractivity contribution >= 4 is 28.0 Å². The Morgan fingerprint density at radius 3 is 2.44 bits per heavy atom. The van der Waals surface area contributed by atoms with Crippen molar-refractivity contribution in [3.63, 3.8) is 0 Å². The number of benzene rings is 1. The van der Waals surface area contributed by atoms with E-state index in [4.69, 9.17) is 15.2 Å². The molecule has 0 aromatic heterocycles. The minimum absolute atomic E-state index is 0.278. The number of nitrogens with zero attached hydrogens (tertiary/aromatic N) is 3. The largest absolute Gasteiger partial charge is 0.495 e. The van der Waals surface area contributed by atoms with E-state index in [2.05, 4.69) is 20.9 Å². The molecule has 1 saturated heterocycles. The average molecular weight is 441 g/mol. The smallest absolute Gasteiger partial charge is 0.410 e. The predicted octanol–water partition coefficient (Wildman–Crippen LogP) is 2.87. The van der Waals surface area contributed by atoms with Crippen LogP contribution in [0.1, 0.15) is 26.3 Å². The van der Waals surface area contributed by atoms with E-state index in [1.807, 2.05) is 43.9 Å². The van der Waals surface area contributed by atoms with E-state index in [1.54, 1.807) is 12.0 Å². The Morgan fingerprint density at radius 1 is 1.22 bits per heavy atom. The molecule has 0 spiro atoms. The van der Waals surface area contributed by atoms with Crippen LogP contribution in [0, 0.1) is 0 Å². The highest BCUT2D eigenvalue weighted by Crippen LogP contribution is 2.28. The number of guanidine groups is 1. The van der Waals surface area contributed by atoms with E-state index in [9.17, 15) is 4.79 Å². The third kappa shape index (κ3) is 6.30. The molecular weight excluding hydrogens is 412 g/mol. The minimum atomic E-state index is -0.484. The Bertz CT molecular complexity index is 680. The van der Waals surface area contributed by atoms with Crippen LogP contribution in [0.15, 0.2) is 27.7 Å². The van der Waals surface area contributed by atoms with Crippen LogP contribution in [-0.2, 0) is 11.2 Å². The van der Waals surface area contributed by atoms with Gasteiger partial charge < -0.3 is 25.0 Å². The molecule has 7 nitrogen and oxygen atoms in total. The lowest BCUT2D eigenvalue weighted by Gasteiger charge is -2.36. The fraction of sp³-hybridized carbons (Fsp3) is 0.579. The first-order valence-corrected chi connectivity index (χ1v) is 9.84. The van der Waals surface area contributed by atoms with Crippen molar-refractivity contribution in [3.05, 3.63) is 28.2 Å². The van der Waals surface area contributed by atoms with Crippen molar-refractivity contribution in [2.75, 3.05) is 39.8 Å². The standard InChI is InChI=1S/C19H29BrN4O3/c1-19(2,3)27-18(25)24-12-10-23(11-13-24)17(21)22-9-8-14-6-5-7-15(20)16(14)26-4/h5-7H,8-13H2,1-4H3,(H2,21,22). The van der Waals surface area contributed by atoms with Crippen molar-refractivity contribution in [1.82, 2.24) is 9.80 Å². The van der Waals surface area contributed by atoms with Gasteiger partial charge in [0.05, 0.1) is 11.6 Å². The molecule has 0 unspecified atom stereocenters. The van der Waals surface area contributed by atoms with E-state index in [-0.39, 0.29) is 6.09 Å². The van der Waals surface area contributed by atoms with Crippen molar-refractivity contribution in [2.45, 2.75) is 32.8 Å². The molecule has 0 atom stereocenters. The number of rotatable bonds is 4. The molecule has 1 aliphatic heterocycles. The molecule has 0 radical (unpaired) electrons.